The highest BCUT2D eigenvalue weighted by Crippen LogP contribution is 2.11. The summed E-state index contributed by atoms with van der Waals surface area (Å²) in [7, 11) is 0. The van der Waals surface area contributed by atoms with Crippen LogP contribution in [0.25, 0.3) is 0 Å². The molecule has 0 saturated heterocycles. The van der Waals surface area contributed by atoms with Gasteiger partial charge in [-0.2, -0.15) is 0 Å². The Bertz CT molecular complexity index is 466. The van der Waals surface area contributed by atoms with Crippen molar-refractivity contribution in [1.82, 2.24) is 9.80 Å². The second-order valence-electron chi connectivity index (χ2n) is 4.73. The van der Waals surface area contributed by atoms with Crippen LogP contribution in [-0.2, 0) is 0 Å². The highest BCUT2D eigenvalue weighted by molar-refractivity contribution is 5.93. The normalized spacial score (nSPS) is 10.9. The topological polar surface area (TPSA) is 74.0 Å². The van der Waals surface area contributed by atoms with Crippen molar-refractivity contribution in [2.45, 2.75) is 27.2 Å². The fourth-order valence-corrected chi connectivity index (χ4v) is 2.15. The molecule has 118 valence electrons. The molecule has 1 heterocycles. The lowest BCUT2D eigenvalue weighted by Gasteiger charge is -2.22. The van der Waals surface area contributed by atoms with E-state index in [1.165, 1.54) is 12.1 Å². The van der Waals surface area contributed by atoms with Gasteiger partial charge in [-0.05, 0) is 45.1 Å². The molecule has 0 fully saturated rings. The minimum atomic E-state index is -1.17. The van der Waals surface area contributed by atoms with E-state index in [-0.39, 0.29) is 17.4 Å². The molecule has 6 heteroatoms. The molecular weight excluding hydrogens is 272 g/mol. The van der Waals surface area contributed by atoms with E-state index < -0.39 is 5.97 Å². The summed E-state index contributed by atoms with van der Waals surface area (Å²) in [5.74, 6) is -1.56. The number of hydrogen-bond donors (Lipinski definition) is 1. The highest BCUT2D eigenvalue weighted by atomic mass is 16.4. The maximum absolute atomic E-state index is 12.3. The second kappa shape index (κ2) is 8.46. The maximum Gasteiger partial charge on any atom is 0.371 e. The largest absolute Gasteiger partial charge is 0.475 e. The van der Waals surface area contributed by atoms with E-state index in [1.807, 2.05) is 6.92 Å². The monoisotopic (exact) mass is 296 g/mol. The van der Waals surface area contributed by atoms with Crippen molar-refractivity contribution in [1.29, 1.82) is 0 Å². The Balaban J connectivity index is 2.58. The minimum Gasteiger partial charge on any atom is -0.475 e. The zero-order valence-corrected chi connectivity index (χ0v) is 13.0. The number of carbonyl (C=O) groups excluding carboxylic acids is 1. The summed E-state index contributed by atoms with van der Waals surface area (Å²) in [6.07, 6.45) is 0.883. The number of aromatic carboxylic acids is 1. The Morgan fingerprint density at radius 3 is 2.14 bits per heavy atom. The molecule has 6 nitrogen and oxygen atoms in total. The summed E-state index contributed by atoms with van der Waals surface area (Å²) >= 11 is 0. The lowest BCUT2D eigenvalue weighted by atomic mass is 10.3. The number of hydrogen-bond acceptors (Lipinski definition) is 4. The van der Waals surface area contributed by atoms with Crippen molar-refractivity contribution in [3.05, 3.63) is 23.7 Å². The number of furan rings is 1. The van der Waals surface area contributed by atoms with E-state index in [0.717, 1.165) is 26.1 Å². The average molecular weight is 296 g/mol. The first-order chi connectivity index (χ1) is 10.0. The summed E-state index contributed by atoms with van der Waals surface area (Å²) in [5.41, 5.74) is 0. The van der Waals surface area contributed by atoms with Crippen LogP contribution in [0.2, 0.25) is 0 Å². The highest BCUT2D eigenvalue weighted by Gasteiger charge is 2.19. The molecule has 21 heavy (non-hydrogen) atoms. The predicted octanol–water partition coefficient (Wildman–Crippen LogP) is 2.17. The second-order valence-corrected chi connectivity index (χ2v) is 4.73. The number of carboxylic acids is 1. The first-order valence-electron chi connectivity index (χ1n) is 7.38. The molecule has 0 atom stereocenters. The van der Waals surface area contributed by atoms with Crippen LogP contribution in [0.1, 0.15) is 48.3 Å². The molecule has 1 aromatic rings. The van der Waals surface area contributed by atoms with Crippen molar-refractivity contribution >= 4 is 11.9 Å². The number of amides is 1. The molecular formula is C15H24N2O4. The molecule has 0 aromatic carbocycles. The zero-order valence-electron chi connectivity index (χ0n) is 13.0. The van der Waals surface area contributed by atoms with Crippen LogP contribution >= 0.6 is 0 Å². The van der Waals surface area contributed by atoms with Crippen LogP contribution in [0, 0.1) is 0 Å². The van der Waals surface area contributed by atoms with E-state index in [1.54, 1.807) is 4.90 Å². The van der Waals surface area contributed by atoms with Gasteiger partial charge in [0.2, 0.25) is 5.76 Å². The Labute approximate surface area is 125 Å². The van der Waals surface area contributed by atoms with Crippen molar-refractivity contribution in [3.63, 3.8) is 0 Å². The Hall–Kier alpha value is -1.82. The van der Waals surface area contributed by atoms with Crippen LogP contribution in [0.5, 0.6) is 0 Å². The van der Waals surface area contributed by atoms with Gasteiger partial charge in [-0.1, -0.05) is 13.8 Å². The third-order valence-corrected chi connectivity index (χ3v) is 3.49. The number of carbonyl (C=O) groups is 2. The Kier molecular flexibility index (Phi) is 6.94. The smallest absolute Gasteiger partial charge is 0.371 e. The molecule has 0 aliphatic heterocycles. The van der Waals surface area contributed by atoms with Crippen LogP contribution in [-0.4, -0.2) is 59.5 Å². The van der Waals surface area contributed by atoms with E-state index >= 15 is 0 Å². The van der Waals surface area contributed by atoms with Crippen molar-refractivity contribution in [3.8, 4) is 0 Å². The van der Waals surface area contributed by atoms with Crippen molar-refractivity contribution < 1.29 is 19.1 Å². The van der Waals surface area contributed by atoms with E-state index in [2.05, 4.69) is 18.7 Å². The van der Waals surface area contributed by atoms with Crippen LogP contribution < -0.4 is 0 Å². The van der Waals surface area contributed by atoms with Crippen LogP contribution in [0.3, 0.4) is 0 Å². The summed E-state index contributed by atoms with van der Waals surface area (Å²) < 4.78 is 5.06. The van der Waals surface area contributed by atoms with Gasteiger partial charge in [0.1, 0.15) is 0 Å². The van der Waals surface area contributed by atoms with Gasteiger partial charge in [-0.15, -0.1) is 0 Å². The summed E-state index contributed by atoms with van der Waals surface area (Å²) in [6.45, 7) is 10.3. The third-order valence-electron chi connectivity index (χ3n) is 3.49. The van der Waals surface area contributed by atoms with Gasteiger partial charge >= 0.3 is 5.97 Å². The predicted molar refractivity (Wildman–Crippen MR) is 79.6 cm³/mol. The van der Waals surface area contributed by atoms with Crippen molar-refractivity contribution in [2.75, 3.05) is 32.7 Å². The molecule has 1 aromatic heterocycles. The summed E-state index contributed by atoms with van der Waals surface area (Å²) in [6, 6.07) is 2.72. The van der Waals surface area contributed by atoms with Crippen LogP contribution in [0.15, 0.2) is 16.5 Å². The number of rotatable bonds is 9. The molecule has 0 aliphatic rings. The minimum absolute atomic E-state index is 0.0806. The Morgan fingerprint density at radius 2 is 1.67 bits per heavy atom. The van der Waals surface area contributed by atoms with Crippen molar-refractivity contribution in [2.24, 2.45) is 0 Å². The van der Waals surface area contributed by atoms with Gasteiger partial charge < -0.3 is 19.3 Å². The molecule has 0 spiro atoms. The first kappa shape index (κ1) is 17.2. The van der Waals surface area contributed by atoms with Gasteiger partial charge in [0.25, 0.3) is 5.91 Å². The average Bonchev–Trinajstić information content (AvgIpc) is 2.97. The fourth-order valence-electron chi connectivity index (χ4n) is 2.15. The standard InChI is InChI=1S/C15H24N2O4/c1-4-16(5-2)10-7-11-17(6-3)14(18)12-8-9-13(21-12)15(19)20/h8-9H,4-7,10-11H2,1-3H3,(H,19,20). The maximum atomic E-state index is 12.3. The summed E-state index contributed by atoms with van der Waals surface area (Å²) in [4.78, 5) is 27.0. The lowest BCUT2D eigenvalue weighted by molar-refractivity contribution is 0.0650. The fraction of sp³-hybridized carbons (Fsp3) is 0.600. The zero-order chi connectivity index (χ0) is 15.8. The quantitative estimate of drug-likeness (QED) is 0.756. The van der Waals surface area contributed by atoms with E-state index in [9.17, 15) is 9.59 Å². The van der Waals surface area contributed by atoms with Gasteiger partial charge in [-0.25, -0.2) is 4.79 Å². The molecule has 0 unspecified atom stereocenters. The van der Waals surface area contributed by atoms with Gasteiger partial charge in [0.05, 0.1) is 0 Å². The molecule has 1 N–H and O–H groups in total. The van der Waals surface area contributed by atoms with Gasteiger partial charge in [-0.3, -0.25) is 4.79 Å². The molecule has 0 radical (unpaired) electrons. The SMILES string of the molecule is CCN(CC)CCCN(CC)C(=O)c1ccc(C(=O)O)o1. The molecule has 0 bridgehead atoms. The van der Waals surface area contributed by atoms with Gasteiger partial charge in [0.15, 0.2) is 5.76 Å². The van der Waals surface area contributed by atoms with E-state index in [0.29, 0.717) is 13.1 Å². The molecule has 1 rings (SSSR count). The lowest BCUT2D eigenvalue weighted by Crippen LogP contribution is -2.34. The molecule has 0 saturated carbocycles. The van der Waals surface area contributed by atoms with Gasteiger partial charge in [0, 0.05) is 13.1 Å². The molecule has 0 aliphatic carbocycles. The van der Waals surface area contributed by atoms with E-state index in [4.69, 9.17) is 9.52 Å². The summed E-state index contributed by atoms with van der Waals surface area (Å²) in [5, 5.41) is 8.81. The van der Waals surface area contributed by atoms with Crippen LogP contribution in [0.4, 0.5) is 0 Å². The molecule has 1 amide bonds. The third kappa shape index (κ3) is 4.90. The Morgan fingerprint density at radius 1 is 1.05 bits per heavy atom. The first-order valence-corrected chi connectivity index (χ1v) is 7.38. The number of carboxylic acid groups (broad SMARTS) is 1. The number of nitrogens with zero attached hydrogens (tertiary/aromatic N) is 2.